The standard InChI is InChI=1S/C12H17N5/c1-2-12(5-3-6-13-8-12)11-16-15-10-4-7-14-9-17(10)11/h4,7,9,13H,2-3,5-6,8H2,1H3. The van der Waals surface area contributed by atoms with Crippen molar-refractivity contribution in [3.8, 4) is 0 Å². The SMILES string of the molecule is CCC1(c2nnc3ccncn23)CCCNC1. The second-order valence-corrected chi connectivity index (χ2v) is 4.75. The zero-order chi connectivity index (χ0) is 11.7. The van der Waals surface area contributed by atoms with E-state index in [0.29, 0.717) is 0 Å². The molecule has 2 aromatic heterocycles. The first-order valence-corrected chi connectivity index (χ1v) is 6.22. The van der Waals surface area contributed by atoms with Gasteiger partial charge in [0.15, 0.2) is 5.65 Å². The van der Waals surface area contributed by atoms with Crippen molar-refractivity contribution in [1.29, 1.82) is 0 Å². The Labute approximate surface area is 100 Å². The van der Waals surface area contributed by atoms with Gasteiger partial charge in [0.05, 0.1) is 0 Å². The van der Waals surface area contributed by atoms with Gasteiger partial charge in [-0.25, -0.2) is 4.98 Å². The molecule has 1 saturated heterocycles. The van der Waals surface area contributed by atoms with Crippen LogP contribution in [0.1, 0.15) is 32.0 Å². The molecule has 1 aliphatic heterocycles. The fourth-order valence-electron chi connectivity index (χ4n) is 2.73. The lowest BCUT2D eigenvalue weighted by Crippen LogP contribution is -2.44. The highest BCUT2D eigenvalue weighted by Gasteiger charge is 2.36. The van der Waals surface area contributed by atoms with Crippen LogP contribution in [0.3, 0.4) is 0 Å². The van der Waals surface area contributed by atoms with Gasteiger partial charge in [-0.15, -0.1) is 10.2 Å². The minimum absolute atomic E-state index is 0.112. The molecule has 0 aromatic carbocycles. The lowest BCUT2D eigenvalue weighted by Gasteiger charge is -2.35. The van der Waals surface area contributed by atoms with E-state index in [0.717, 1.165) is 31.0 Å². The number of nitrogens with one attached hydrogen (secondary N) is 1. The summed E-state index contributed by atoms with van der Waals surface area (Å²) in [7, 11) is 0. The summed E-state index contributed by atoms with van der Waals surface area (Å²) in [6.45, 7) is 4.32. The van der Waals surface area contributed by atoms with Crippen molar-refractivity contribution in [2.75, 3.05) is 13.1 Å². The van der Waals surface area contributed by atoms with Gasteiger partial charge in [-0.2, -0.15) is 0 Å². The Hall–Kier alpha value is -1.49. The van der Waals surface area contributed by atoms with Crippen LogP contribution in [0.25, 0.3) is 5.65 Å². The van der Waals surface area contributed by atoms with Gasteiger partial charge in [0.25, 0.3) is 0 Å². The zero-order valence-corrected chi connectivity index (χ0v) is 10.1. The third-order valence-electron chi connectivity index (χ3n) is 3.84. The maximum absolute atomic E-state index is 4.39. The molecule has 0 saturated carbocycles. The van der Waals surface area contributed by atoms with Gasteiger partial charge in [0.1, 0.15) is 12.2 Å². The van der Waals surface area contributed by atoms with Crippen molar-refractivity contribution in [3.05, 3.63) is 24.4 Å². The van der Waals surface area contributed by atoms with Crippen LogP contribution in [-0.4, -0.2) is 32.7 Å². The molecule has 5 nitrogen and oxygen atoms in total. The highest BCUT2D eigenvalue weighted by Crippen LogP contribution is 2.33. The molecule has 0 bridgehead atoms. The first-order valence-electron chi connectivity index (χ1n) is 6.22. The summed E-state index contributed by atoms with van der Waals surface area (Å²) in [6, 6.07) is 1.90. The summed E-state index contributed by atoms with van der Waals surface area (Å²) in [6.07, 6.45) is 7.02. The lowest BCUT2D eigenvalue weighted by atomic mass is 9.77. The van der Waals surface area contributed by atoms with E-state index in [9.17, 15) is 0 Å². The summed E-state index contributed by atoms with van der Waals surface area (Å²) in [5, 5.41) is 12.1. The van der Waals surface area contributed by atoms with Crippen molar-refractivity contribution in [3.63, 3.8) is 0 Å². The smallest absolute Gasteiger partial charge is 0.163 e. The van der Waals surface area contributed by atoms with Crippen molar-refractivity contribution in [2.24, 2.45) is 0 Å². The zero-order valence-electron chi connectivity index (χ0n) is 10.1. The minimum Gasteiger partial charge on any atom is -0.316 e. The van der Waals surface area contributed by atoms with Gasteiger partial charge in [-0.05, 0) is 25.8 Å². The first-order chi connectivity index (χ1) is 8.36. The van der Waals surface area contributed by atoms with Crippen LogP contribution in [0.15, 0.2) is 18.6 Å². The minimum atomic E-state index is 0.112. The second kappa shape index (κ2) is 4.07. The number of piperidine rings is 1. The molecule has 17 heavy (non-hydrogen) atoms. The number of rotatable bonds is 2. The molecule has 1 aliphatic rings. The molecule has 1 unspecified atom stereocenters. The monoisotopic (exact) mass is 231 g/mol. The Balaban J connectivity index is 2.12. The molecule has 3 heterocycles. The van der Waals surface area contributed by atoms with E-state index in [2.05, 4.69) is 27.4 Å². The predicted octanol–water partition coefficient (Wildman–Crippen LogP) is 1.16. The van der Waals surface area contributed by atoms with E-state index in [1.807, 2.05) is 16.8 Å². The molecular weight excluding hydrogens is 214 g/mol. The van der Waals surface area contributed by atoms with E-state index in [4.69, 9.17) is 0 Å². The molecule has 0 aliphatic carbocycles. The molecule has 90 valence electrons. The van der Waals surface area contributed by atoms with Crippen molar-refractivity contribution in [1.82, 2.24) is 24.9 Å². The molecule has 1 N–H and O–H groups in total. The molecule has 0 radical (unpaired) electrons. The fraction of sp³-hybridized carbons (Fsp3) is 0.583. The molecule has 3 rings (SSSR count). The predicted molar refractivity (Wildman–Crippen MR) is 64.9 cm³/mol. The van der Waals surface area contributed by atoms with Gasteiger partial charge < -0.3 is 5.32 Å². The number of nitrogens with zero attached hydrogens (tertiary/aromatic N) is 4. The molecule has 0 spiro atoms. The number of fused-ring (bicyclic) bond motifs is 1. The molecule has 1 atom stereocenters. The maximum atomic E-state index is 4.39. The number of hydrogen-bond acceptors (Lipinski definition) is 4. The van der Waals surface area contributed by atoms with Crippen LogP contribution in [0.2, 0.25) is 0 Å². The average Bonchev–Trinajstić information content (AvgIpc) is 2.84. The summed E-state index contributed by atoms with van der Waals surface area (Å²) >= 11 is 0. The highest BCUT2D eigenvalue weighted by atomic mass is 15.3. The Morgan fingerprint density at radius 1 is 1.47 bits per heavy atom. The normalized spacial score (nSPS) is 25.2. The van der Waals surface area contributed by atoms with Gasteiger partial charge in [-0.3, -0.25) is 4.40 Å². The summed E-state index contributed by atoms with van der Waals surface area (Å²) in [4.78, 5) is 4.17. The Morgan fingerprint density at radius 2 is 2.41 bits per heavy atom. The second-order valence-electron chi connectivity index (χ2n) is 4.75. The topological polar surface area (TPSA) is 55.1 Å². The van der Waals surface area contributed by atoms with E-state index >= 15 is 0 Å². The third kappa shape index (κ3) is 1.61. The quantitative estimate of drug-likeness (QED) is 0.842. The number of aromatic nitrogens is 4. The van der Waals surface area contributed by atoms with Crippen molar-refractivity contribution >= 4 is 5.65 Å². The largest absolute Gasteiger partial charge is 0.316 e. The summed E-state index contributed by atoms with van der Waals surface area (Å²) in [5.74, 6) is 1.05. The average molecular weight is 231 g/mol. The highest BCUT2D eigenvalue weighted by molar-refractivity contribution is 5.37. The lowest BCUT2D eigenvalue weighted by molar-refractivity contribution is 0.285. The molecule has 1 fully saturated rings. The molecule has 5 heteroatoms. The Bertz CT molecular complexity index is 512. The van der Waals surface area contributed by atoms with Crippen LogP contribution < -0.4 is 5.32 Å². The van der Waals surface area contributed by atoms with Crippen molar-refractivity contribution in [2.45, 2.75) is 31.6 Å². The molecular formula is C12H17N5. The molecule has 0 amide bonds. The van der Waals surface area contributed by atoms with Crippen LogP contribution in [0.5, 0.6) is 0 Å². The summed E-state index contributed by atoms with van der Waals surface area (Å²) < 4.78 is 2.02. The van der Waals surface area contributed by atoms with Gasteiger partial charge in [0, 0.05) is 24.2 Å². The Kier molecular flexibility index (Phi) is 2.55. The maximum Gasteiger partial charge on any atom is 0.163 e. The fourth-order valence-corrected chi connectivity index (χ4v) is 2.73. The number of hydrogen-bond donors (Lipinski definition) is 1. The van der Waals surface area contributed by atoms with Gasteiger partial charge in [0.2, 0.25) is 0 Å². The summed E-state index contributed by atoms with van der Waals surface area (Å²) in [5.41, 5.74) is 0.995. The first kappa shape index (κ1) is 10.7. The van der Waals surface area contributed by atoms with Gasteiger partial charge >= 0.3 is 0 Å². The van der Waals surface area contributed by atoms with Crippen LogP contribution in [0, 0.1) is 0 Å². The van der Waals surface area contributed by atoms with Crippen LogP contribution >= 0.6 is 0 Å². The third-order valence-corrected chi connectivity index (χ3v) is 3.84. The van der Waals surface area contributed by atoms with Crippen LogP contribution in [0.4, 0.5) is 0 Å². The van der Waals surface area contributed by atoms with E-state index in [1.165, 1.54) is 12.8 Å². The van der Waals surface area contributed by atoms with E-state index in [1.54, 1.807) is 6.20 Å². The van der Waals surface area contributed by atoms with Crippen molar-refractivity contribution < 1.29 is 0 Å². The Morgan fingerprint density at radius 3 is 3.18 bits per heavy atom. The molecule has 2 aromatic rings. The van der Waals surface area contributed by atoms with Crippen LogP contribution in [-0.2, 0) is 5.41 Å². The van der Waals surface area contributed by atoms with E-state index in [-0.39, 0.29) is 5.41 Å². The van der Waals surface area contributed by atoms with Gasteiger partial charge in [-0.1, -0.05) is 6.92 Å². The van der Waals surface area contributed by atoms with E-state index < -0.39 is 0 Å².